The third kappa shape index (κ3) is 7.55. The number of para-hydroxylation sites is 3. The highest BCUT2D eigenvalue weighted by Crippen LogP contribution is 2.71. The molecule has 3 nitrogen and oxygen atoms in total. The normalized spacial score (nSPS) is 16.1. The van der Waals surface area contributed by atoms with Crippen LogP contribution in [0.5, 0.6) is 0 Å². The molecule has 0 N–H and O–H groups in total. The SMILES string of the molecule is CC1(C)c2cc(CC(Cc3ccc4c(c3)C(C)(C)c3c5c(c6oc7ccccc7c6c3-4)-c3ccccc3C5(C)C)c3ccc4c(c3)C3(c5ccccc5-c5ccccc53)c3cc5c(cc3-4)C3(c4ccccc4-c4ccccc43)c3ccc4oc6ccccc6c4c3-5)ccc2-c2c1cc(-c1ccccc1)c1oc3ccccc3c21. The summed E-state index contributed by atoms with van der Waals surface area (Å²) in [7, 11) is 0. The average Bonchev–Trinajstić information content (AvgIpc) is 1.49. The van der Waals surface area contributed by atoms with Crippen LogP contribution in [0.15, 0.2) is 323 Å². The average molecular weight is 1440 g/mol. The van der Waals surface area contributed by atoms with Crippen LogP contribution in [0.3, 0.4) is 0 Å². The van der Waals surface area contributed by atoms with Crippen molar-refractivity contribution < 1.29 is 13.3 Å². The molecule has 3 heterocycles. The molecule has 2 spiro atoms. The van der Waals surface area contributed by atoms with Crippen molar-refractivity contribution in [1.29, 1.82) is 0 Å². The Morgan fingerprint density at radius 1 is 0.239 bits per heavy atom. The highest BCUT2D eigenvalue weighted by atomic mass is 16.3. The first-order valence-corrected chi connectivity index (χ1v) is 40.4. The van der Waals surface area contributed by atoms with Crippen molar-refractivity contribution in [1.82, 2.24) is 0 Å². The Bertz CT molecular complexity index is 7510. The molecule has 0 aliphatic heterocycles. The van der Waals surface area contributed by atoms with Crippen LogP contribution in [0.4, 0.5) is 0 Å². The first-order valence-electron chi connectivity index (χ1n) is 40.4. The predicted octanol–water partition coefficient (Wildman–Crippen LogP) is 28.2. The van der Waals surface area contributed by atoms with Crippen molar-refractivity contribution in [2.45, 2.75) is 87.4 Å². The molecule has 3 aromatic heterocycles. The monoisotopic (exact) mass is 1440 g/mol. The zero-order valence-corrected chi connectivity index (χ0v) is 63.7. The molecule has 16 aromatic carbocycles. The molecule has 0 bridgehead atoms. The lowest BCUT2D eigenvalue weighted by Crippen LogP contribution is -2.27. The quantitative estimate of drug-likeness (QED) is 0.167. The van der Waals surface area contributed by atoms with Crippen LogP contribution in [0.2, 0.25) is 0 Å². The molecule has 7 aliphatic rings. The summed E-state index contributed by atoms with van der Waals surface area (Å²) in [6.07, 6.45) is 1.63. The number of furan rings is 3. The van der Waals surface area contributed by atoms with E-state index < -0.39 is 10.8 Å². The van der Waals surface area contributed by atoms with Crippen LogP contribution in [0.25, 0.3) is 155 Å². The molecule has 1 atom stereocenters. The second-order valence-electron chi connectivity index (χ2n) is 35.0. The van der Waals surface area contributed by atoms with E-state index in [0.717, 1.165) is 68.2 Å². The van der Waals surface area contributed by atoms with Gasteiger partial charge in [0.05, 0.1) is 10.8 Å². The lowest BCUT2D eigenvalue weighted by molar-refractivity contribution is 0.599. The van der Waals surface area contributed by atoms with Gasteiger partial charge >= 0.3 is 0 Å². The van der Waals surface area contributed by atoms with Gasteiger partial charge in [-0.25, -0.2) is 0 Å². The van der Waals surface area contributed by atoms with Gasteiger partial charge in [0, 0.05) is 59.7 Å². The number of hydrogen-bond acceptors (Lipinski definition) is 3. The van der Waals surface area contributed by atoms with Gasteiger partial charge in [-0.15, -0.1) is 0 Å². The minimum Gasteiger partial charge on any atom is -0.456 e. The van der Waals surface area contributed by atoms with Gasteiger partial charge in [-0.2, -0.15) is 0 Å². The summed E-state index contributed by atoms with van der Waals surface area (Å²) >= 11 is 0. The standard InChI is InChI=1S/C110H74O3/c1-106(2)85-54-60(44-47-71(85)95-90(106)57-76(62-26-8-7-9-27-62)104-99(95)74-34-16-24-42-92(74)112-104)52-64(53-61-45-48-72-86(55-61)108(5,6)102-98(72)100-75-35-17-25-43-93(75)113-105(100)101-70-32-14-18-36-79(70)107(3,4)103(101)102)63-46-49-69-77-58-89-78(59-88(77)110(87(69)56-63)82-39-21-12-30-67(82)68-31-13-22-40-83(68)110)96-84(50-51-94-97(96)73-33-15-23-41-91(73)111-94)109(89)80-37-19-10-28-65(80)66-29-11-20-38-81(66)109/h7-51,54-59,64H,52-53H2,1-6H3. The number of rotatable bonds is 6. The maximum Gasteiger partial charge on any atom is 0.144 e. The van der Waals surface area contributed by atoms with Crippen molar-refractivity contribution >= 4 is 65.8 Å². The minimum atomic E-state index is -0.675. The summed E-state index contributed by atoms with van der Waals surface area (Å²) in [4.78, 5) is 0. The summed E-state index contributed by atoms with van der Waals surface area (Å²) < 4.78 is 21.1. The molecule has 1 unspecified atom stereocenters. The fourth-order valence-electron chi connectivity index (χ4n) is 24.0. The van der Waals surface area contributed by atoms with Crippen LogP contribution < -0.4 is 0 Å². The van der Waals surface area contributed by atoms with Gasteiger partial charge in [-0.05, 0) is 234 Å². The Balaban J connectivity index is 0.703. The molecular weight excluding hydrogens is 1370 g/mol. The van der Waals surface area contributed by atoms with Gasteiger partial charge in [0.2, 0.25) is 0 Å². The second kappa shape index (κ2) is 21.3. The maximum absolute atomic E-state index is 7.18. The topological polar surface area (TPSA) is 39.4 Å². The van der Waals surface area contributed by atoms with Crippen molar-refractivity contribution in [3.8, 4) is 89.0 Å². The van der Waals surface area contributed by atoms with Crippen LogP contribution in [0.1, 0.15) is 142 Å². The maximum atomic E-state index is 7.18. The van der Waals surface area contributed by atoms with Crippen molar-refractivity contribution in [2.75, 3.05) is 0 Å². The van der Waals surface area contributed by atoms with E-state index in [1.165, 1.54) is 194 Å². The second-order valence-corrected chi connectivity index (χ2v) is 35.0. The van der Waals surface area contributed by atoms with Crippen LogP contribution in [-0.4, -0.2) is 0 Å². The molecule has 0 radical (unpaired) electrons. The van der Waals surface area contributed by atoms with Gasteiger partial charge < -0.3 is 13.3 Å². The van der Waals surface area contributed by atoms with Crippen LogP contribution >= 0.6 is 0 Å². The number of benzene rings is 16. The van der Waals surface area contributed by atoms with E-state index >= 15 is 0 Å². The third-order valence-corrected chi connectivity index (χ3v) is 28.7. The molecule has 0 saturated heterocycles. The molecule has 7 aliphatic carbocycles. The predicted molar refractivity (Wildman–Crippen MR) is 462 cm³/mol. The van der Waals surface area contributed by atoms with E-state index in [1.807, 2.05) is 0 Å². The molecule has 19 aromatic rings. The van der Waals surface area contributed by atoms with E-state index in [1.54, 1.807) is 0 Å². The Morgan fingerprint density at radius 2 is 0.655 bits per heavy atom. The van der Waals surface area contributed by atoms with E-state index in [2.05, 4.69) is 351 Å². The van der Waals surface area contributed by atoms with Crippen molar-refractivity contribution in [2.24, 2.45) is 0 Å². The molecule has 3 heteroatoms. The summed E-state index contributed by atoms with van der Waals surface area (Å²) in [6.45, 7) is 14.8. The largest absolute Gasteiger partial charge is 0.456 e. The van der Waals surface area contributed by atoms with Gasteiger partial charge in [-0.3, -0.25) is 0 Å². The number of fused-ring (bicyclic) bond motifs is 43. The third-order valence-electron chi connectivity index (χ3n) is 28.7. The van der Waals surface area contributed by atoms with E-state index in [0.29, 0.717) is 0 Å². The molecule has 113 heavy (non-hydrogen) atoms. The van der Waals surface area contributed by atoms with Gasteiger partial charge in [0.15, 0.2) is 0 Å². The summed E-state index contributed by atoms with van der Waals surface area (Å²) in [6, 6.07) is 119. The zero-order valence-electron chi connectivity index (χ0n) is 63.7. The molecule has 0 saturated carbocycles. The van der Waals surface area contributed by atoms with Crippen molar-refractivity contribution in [3.63, 3.8) is 0 Å². The molecule has 0 fully saturated rings. The molecule has 532 valence electrons. The summed E-state index contributed by atoms with van der Waals surface area (Å²) in [5.74, 6) is 0.0357. The minimum absolute atomic E-state index is 0.0357. The Hall–Kier alpha value is -13.1. The van der Waals surface area contributed by atoms with Gasteiger partial charge in [-0.1, -0.05) is 308 Å². The fraction of sp³-hybridized carbons (Fsp3) is 0.127. The van der Waals surface area contributed by atoms with Crippen LogP contribution in [0, 0.1) is 0 Å². The lowest BCUT2D eigenvalue weighted by atomic mass is 9.68. The van der Waals surface area contributed by atoms with E-state index in [4.69, 9.17) is 13.3 Å². The number of hydrogen-bond donors (Lipinski definition) is 0. The fourth-order valence-corrected chi connectivity index (χ4v) is 24.0. The van der Waals surface area contributed by atoms with Crippen molar-refractivity contribution in [3.05, 3.63) is 404 Å². The molecular formula is C110H74O3. The highest BCUT2D eigenvalue weighted by Gasteiger charge is 2.58. The first-order chi connectivity index (χ1) is 55.3. The first kappa shape index (κ1) is 62.7. The lowest BCUT2D eigenvalue weighted by Gasteiger charge is -2.32. The summed E-state index contributed by atoms with van der Waals surface area (Å²) in [5.41, 5.74) is 46.6. The zero-order chi connectivity index (χ0) is 74.7. The van der Waals surface area contributed by atoms with E-state index in [-0.39, 0.29) is 22.2 Å². The Kier molecular flexibility index (Phi) is 11.8. The van der Waals surface area contributed by atoms with Gasteiger partial charge in [0.1, 0.15) is 33.5 Å². The highest BCUT2D eigenvalue weighted by molar-refractivity contribution is 6.22. The smallest absolute Gasteiger partial charge is 0.144 e. The Labute approximate surface area is 655 Å². The molecule has 26 rings (SSSR count). The van der Waals surface area contributed by atoms with Gasteiger partial charge in [0.25, 0.3) is 0 Å². The van der Waals surface area contributed by atoms with Crippen LogP contribution in [-0.2, 0) is 39.9 Å². The summed E-state index contributed by atoms with van der Waals surface area (Å²) in [5, 5.41) is 7.08. The van der Waals surface area contributed by atoms with E-state index in [9.17, 15) is 0 Å². The Morgan fingerprint density at radius 3 is 1.27 bits per heavy atom. The molecule has 0 amide bonds.